The average Bonchev–Trinajstić information content (AvgIpc) is 3.38. The van der Waals surface area contributed by atoms with Gasteiger partial charge in [0.1, 0.15) is 13.2 Å². The van der Waals surface area contributed by atoms with Crippen molar-refractivity contribution in [3.63, 3.8) is 0 Å². The number of allylic oxidation sites excluding steroid dienone is 20. The number of rotatable bonds is 52. The molecule has 0 saturated carbocycles. The van der Waals surface area contributed by atoms with E-state index < -0.39 is 6.10 Å². The Bertz CT molecular complexity index is 1520. The molecule has 1 unspecified atom stereocenters. The van der Waals surface area contributed by atoms with E-state index in [2.05, 4.69) is 142 Å². The lowest BCUT2D eigenvalue weighted by Crippen LogP contribution is -2.30. The quantitative estimate of drug-likeness (QED) is 0.0261. The minimum Gasteiger partial charge on any atom is -0.462 e. The van der Waals surface area contributed by atoms with E-state index in [4.69, 9.17) is 14.2 Å². The summed E-state index contributed by atoms with van der Waals surface area (Å²) in [6, 6.07) is 0. The van der Waals surface area contributed by atoms with Crippen molar-refractivity contribution >= 4 is 17.9 Å². The van der Waals surface area contributed by atoms with Gasteiger partial charge in [-0.25, -0.2) is 0 Å². The van der Waals surface area contributed by atoms with Crippen molar-refractivity contribution < 1.29 is 28.6 Å². The zero-order valence-electron chi connectivity index (χ0n) is 46.7. The molecular weight excluding hydrogens is 889 g/mol. The van der Waals surface area contributed by atoms with Crippen LogP contribution in [0.5, 0.6) is 0 Å². The molecule has 408 valence electrons. The normalized spacial score (nSPS) is 13.0. The Morgan fingerprint density at radius 2 is 0.556 bits per heavy atom. The van der Waals surface area contributed by atoms with Gasteiger partial charge in [-0.05, 0) is 128 Å². The van der Waals surface area contributed by atoms with Crippen LogP contribution in [0.3, 0.4) is 0 Å². The highest BCUT2D eigenvalue weighted by atomic mass is 16.6. The number of unbranched alkanes of at least 4 members (excludes halogenated alkanes) is 21. The van der Waals surface area contributed by atoms with Gasteiger partial charge in [-0.15, -0.1) is 0 Å². The smallest absolute Gasteiger partial charge is 0.306 e. The minimum atomic E-state index is -0.803. The lowest BCUT2D eigenvalue weighted by Gasteiger charge is -2.18. The molecule has 0 aromatic carbocycles. The molecule has 0 rings (SSSR count). The highest BCUT2D eigenvalue weighted by molar-refractivity contribution is 5.71. The van der Waals surface area contributed by atoms with Crippen LogP contribution in [0.4, 0.5) is 0 Å². The number of hydrogen-bond acceptors (Lipinski definition) is 6. The summed E-state index contributed by atoms with van der Waals surface area (Å²) in [6.07, 6.45) is 81.8. The molecule has 0 bridgehead atoms. The van der Waals surface area contributed by atoms with Gasteiger partial charge in [-0.1, -0.05) is 232 Å². The lowest BCUT2D eigenvalue weighted by molar-refractivity contribution is -0.167. The van der Waals surface area contributed by atoms with Crippen molar-refractivity contribution in [1.82, 2.24) is 0 Å². The predicted molar refractivity (Wildman–Crippen MR) is 311 cm³/mol. The van der Waals surface area contributed by atoms with Crippen LogP contribution < -0.4 is 0 Å². The van der Waals surface area contributed by atoms with Crippen LogP contribution in [0.2, 0.25) is 0 Å². The summed E-state index contributed by atoms with van der Waals surface area (Å²) in [7, 11) is 0. The number of carbonyl (C=O) groups is 3. The zero-order valence-corrected chi connectivity index (χ0v) is 46.7. The third-order valence-electron chi connectivity index (χ3n) is 12.2. The zero-order chi connectivity index (χ0) is 52.2. The Labute approximate surface area is 443 Å². The first-order valence-electron chi connectivity index (χ1n) is 29.5. The van der Waals surface area contributed by atoms with E-state index in [1.54, 1.807) is 0 Å². The van der Waals surface area contributed by atoms with E-state index in [-0.39, 0.29) is 31.1 Å². The number of esters is 3. The maximum Gasteiger partial charge on any atom is 0.306 e. The Balaban J connectivity index is 4.46. The first-order chi connectivity index (χ1) is 35.5. The van der Waals surface area contributed by atoms with Gasteiger partial charge in [-0.2, -0.15) is 0 Å². The Hall–Kier alpha value is -4.19. The largest absolute Gasteiger partial charge is 0.462 e. The number of hydrogen-bond donors (Lipinski definition) is 0. The van der Waals surface area contributed by atoms with E-state index in [1.165, 1.54) is 70.6 Å². The topological polar surface area (TPSA) is 78.9 Å². The minimum absolute atomic E-state index is 0.0997. The molecular formula is C66H108O6. The van der Waals surface area contributed by atoms with Crippen LogP contribution in [-0.4, -0.2) is 37.2 Å². The van der Waals surface area contributed by atoms with Crippen LogP contribution in [0.25, 0.3) is 0 Å². The molecule has 0 heterocycles. The standard InChI is InChI=1S/C66H108O6/c1-4-7-10-13-16-19-22-25-28-30-31-32-33-34-35-37-38-41-44-47-50-53-56-59-65(68)71-62-63(61-70-64(67)58-55-52-49-46-43-40-27-24-21-18-15-12-9-6-3)72-66(69)60-57-54-51-48-45-42-39-36-29-26-23-20-17-14-11-8-5-2/h7,10,15-20,24-29,31-32,34-35,38,41,63H,4-6,8-9,11-14,21-23,30,33,36-37,39-40,42-62H2,1-3H3/b10-7-,18-15-,19-16-,20-17-,27-24-,28-25-,29-26-,32-31-,35-34-,41-38-. The molecule has 6 nitrogen and oxygen atoms in total. The summed E-state index contributed by atoms with van der Waals surface area (Å²) in [4.78, 5) is 38.2. The fraction of sp³-hybridized carbons (Fsp3) is 0.652. The van der Waals surface area contributed by atoms with Crippen LogP contribution >= 0.6 is 0 Å². The molecule has 0 fully saturated rings. The molecule has 0 N–H and O–H groups in total. The molecule has 0 aromatic rings. The van der Waals surface area contributed by atoms with Crippen molar-refractivity contribution in [2.75, 3.05) is 13.2 Å². The van der Waals surface area contributed by atoms with Gasteiger partial charge in [0.15, 0.2) is 6.10 Å². The fourth-order valence-electron chi connectivity index (χ4n) is 7.73. The van der Waals surface area contributed by atoms with Crippen LogP contribution in [-0.2, 0) is 28.6 Å². The number of carbonyl (C=O) groups excluding carboxylic acids is 3. The fourth-order valence-corrected chi connectivity index (χ4v) is 7.73. The van der Waals surface area contributed by atoms with Crippen LogP contribution in [0, 0.1) is 0 Å². The highest BCUT2D eigenvalue weighted by Crippen LogP contribution is 2.14. The van der Waals surface area contributed by atoms with Gasteiger partial charge >= 0.3 is 17.9 Å². The van der Waals surface area contributed by atoms with E-state index >= 15 is 0 Å². The molecule has 6 heteroatoms. The van der Waals surface area contributed by atoms with Gasteiger partial charge in [0.2, 0.25) is 0 Å². The van der Waals surface area contributed by atoms with Gasteiger partial charge in [-0.3, -0.25) is 14.4 Å². The molecule has 0 aliphatic rings. The molecule has 0 amide bonds. The Kier molecular flexibility index (Phi) is 55.9. The number of ether oxygens (including phenoxy) is 3. The molecule has 0 aliphatic heterocycles. The second-order valence-corrected chi connectivity index (χ2v) is 19.2. The van der Waals surface area contributed by atoms with Crippen molar-refractivity contribution in [3.05, 3.63) is 122 Å². The molecule has 72 heavy (non-hydrogen) atoms. The van der Waals surface area contributed by atoms with Crippen molar-refractivity contribution in [3.8, 4) is 0 Å². The van der Waals surface area contributed by atoms with Crippen molar-refractivity contribution in [1.29, 1.82) is 0 Å². The molecule has 0 saturated heterocycles. The average molecular weight is 998 g/mol. The second-order valence-electron chi connectivity index (χ2n) is 19.2. The molecule has 0 aliphatic carbocycles. The SMILES string of the molecule is CC/C=C\C/C=C\C/C=C\C/C=C\C/C=C\C/C=C\CCCCCCC(=O)OCC(COC(=O)CCCCCCC/C=C\C/C=C\CCCC)OC(=O)CCCCCCCCC/C=C\C/C=C\CCCCC. The summed E-state index contributed by atoms with van der Waals surface area (Å²) < 4.78 is 16.8. The third-order valence-corrected chi connectivity index (χ3v) is 12.2. The van der Waals surface area contributed by atoms with E-state index in [0.29, 0.717) is 19.3 Å². The van der Waals surface area contributed by atoms with Gasteiger partial charge in [0.05, 0.1) is 0 Å². The van der Waals surface area contributed by atoms with Gasteiger partial charge in [0.25, 0.3) is 0 Å². The van der Waals surface area contributed by atoms with Crippen molar-refractivity contribution in [2.24, 2.45) is 0 Å². The summed E-state index contributed by atoms with van der Waals surface area (Å²) in [5.74, 6) is -0.946. The predicted octanol–water partition coefficient (Wildman–Crippen LogP) is 20.0. The summed E-state index contributed by atoms with van der Waals surface area (Å²) in [6.45, 7) is 6.42. The van der Waals surface area contributed by atoms with Crippen LogP contribution in [0.1, 0.15) is 258 Å². The lowest BCUT2D eigenvalue weighted by atomic mass is 10.1. The Morgan fingerprint density at radius 1 is 0.292 bits per heavy atom. The van der Waals surface area contributed by atoms with Gasteiger partial charge in [0, 0.05) is 19.3 Å². The molecule has 0 aromatic heterocycles. The molecule has 0 spiro atoms. The highest BCUT2D eigenvalue weighted by Gasteiger charge is 2.19. The first-order valence-corrected chi connectivity index (χ1v) is 29.5. The first kappa shape index (κ1) is 67.8. The Morgan fingerprint density at radius 3 is 0.889 bits per heavy atom. The van der Waals surface area contributed by atoms with Crippen molar-refractivity contribution in [2.45, 2.75) is 264 Å². The maximum atomic E-state index is 12.9. The summed E-state index contributed by atoms with van der Waals surface area (Å²) in [5, 5.41) is 0. The summed E-state index contributed by atoms with van der Waals surface area (Å²) >= 11 is 0. The monoisotopic (exact) mass is 997 g/mol. The van der Waals surface area contributed by atoms with E-state index in [9.17, 15) is 14.4 Å². The van der Waals surface area contributed by atoms with Crippen LogP contribution in [0.15, 0.2) is 122 Å². The van der Waals surface area contributed by atoms with E-state index in [0.717, 1.165) is 148 Å². The molecule has 0 radical (unpaired) electrons. The van der Waals surface area contributed by atoms with Gasteiger partial charge < -0.3 is 14.2 Å². The summed E-state index contributed by atoms with van der Waals surface area (Å²) in [5.41, 5.74) is 0. The second kappa shape index (κ2) is 59.4. The maximum absolute atomic E-state index is 12.9. The third kappa shape index (κ3) is 56.7. The molecule has 1 atom stereocenters. The van der Waals surface area contributed by atoms with E-state index in [1.807, 2.05) is 0 Å².